The highest BCUT2D eigenvalue weighted by Gasteiger charge is 2.04. The SMILES string of the molecule is CCc1cnc(CNC(=NC)NCc2ccc(C)c(F)c2)s1. The highest BCUT2D eigenvalue weighted by atomic mass is 32.1. The molecule has 0 bridgehead atoms. The second-order valence-corrected chi connectivity index (χ2v) is 6.14. The molecule has 0 aliphatic heterocycles. The molecule has 0 aliphatic rings. The normalized spacial score (nSPS) is 11.5. The first-order valence-electron chi connectivity index (χ1n) is 7.25. The van der Waals surface area contributed by atoms with Crippen molar-refractivity contribution in [2.45, 2.75) is 33.4 Å². The standard InChI is InChI=1S/C16H21FN4S/c1-4-13-9-19-15(22-13)10-21-16(18-3)20-8-12-6-5-11(2)14(17)7-12/h5-7,9H,4,8,10H2,1-3H3,(H2,18,20,21). The topological polar surface area (TPSA) is 49.3 Å². The highest BCUT2D eigenvalue weighted by Crippen LogP contribution is 2.12. The molecule has 118 valence electrons. The summed E-state index contributed by atoms with van der Waals surface area (Å²) in [5.74, 6) is 0.492. The molecule has 0 unspecified atom stereocenters. The van der Waals surface area contributed by atoms with Gasteiger partial charge in [-0.2, -0.15) is 0 Å². The van der Waals surface area contributed by atoms with Crippen molar-refractivity contribution >= 4 is 17.3 Å². The predicted molar refractivity (Wildman–Crippen MR) is 89.7 cm³/mol. The molecule has 0 spiro atoms. The van der Waals surface area contributed by atoms with Gasteiger partial charge in [-0.15, -0.1) is 11.3 Å². The monoisotopic (exact) mass is 320 g/mol. The molecule has 2 aromatic rings. The van der Waals surface area contributed by atoms with Gasteiger partial charge in [0.1, 0.15) is 10.8 Å². The van der Waals surface area contributed by atoms with E-state index in [-0.39, 0.29) is 5.82 Å². The second-order valence-electron chi connectivity index (χ2n) is 4.94. The summed E-state index contributed by atoms with van der Waals surface area (Å²) < 4.78 is 13.5. The number of aryl methyl sites for hydroxylation is 2. The Morgan fingerprint density at radius 3 is 2.73 bits per heavy atom. The van der Waals surface area contributed by atoms with E-state index in [0.29, 0.717) is 24.6 Å². The third kappa shape index (κ3) is 4.53. The molecular formula is C16H21FN4S. The highest BCUT2D eigenvalue weighted by molar-refractivity contribution is 7.11. The number of halogens is 1. The van der Waals surface area contributed by atoms with Gasteiger partial charge in [0.05, 0.1) is 6.54 Å². The van der Waals surface area contributed by atoms with Crippen LogP contribution in [0.3, 0.4) is 0 Å². The molecule has 0 atom stereocenters. The maximum absolute atomic E-state index is 13.5. The van der Waals surface area contributed by atoms with Crippen LogP contribution in [0.25, 0.3) is 0 Å². The molecule has 1 heterocycles. The van der Waals surface area contributed by atoms with Crippen LogP contribution < -0.4 is 10.6 Å². The summed E-state index contributed by atoms with van der Waals surface area (Å²) >= 11 is 1.70. The third-order valence-corrected chi connectivity index (χ3v) is 4.42. The lowest BCUT2D eigenvalue weighted by Gasteiger charge is -2.11. The molecule has 0 amide bonds. The van der Waals surface area contributed by atoms with Crippen molar-refractivity contribution in [2.75, 3.05) is 7.05 Å². The minimum Gasteiger partial charge on any atom is -0.352 e. The Hall–Kier alpha value is -1.95. The van der Waals surface area contributed by atoms with Crippen LogP contribution in [0.1, 0.15) is 27.9 Å². The first-order valence-corrected chi connectivity index (χ1v) is 8.07. The van der Waals surface area contributed by atoms with Gasteiger partial charge in [0.25, 0.3) is 0 Å². The minimum atomic E-state index is -0.183. The van der Waals surface area contributed by atoms with Gasteiger partial charge in [0.2, 0.25) is 0 Å². The lowest BCUT2D eigenvalue weighted by atomic mass is 10.1. The number of benzene rings is 1. The Labute approximate surface area is 134 Å². The summed E-state index contributed by atoms with van der Waals surface area (Å²) in [7, 11) is 1.71. The number of hydrogen-bond acceptors (Lipinski definition) is 3. The molecule has 1 aromatic heterocycles. The Morgan fingerprint density at radius 1 is 1.32 bits per heavy atom. The Balaban J connectivity index is 1.85. The summed E-state index contributed by atoms with van der Waals surface area (Å²) in [6.07, 6.45) is 2.91. The van der Waals surface area contributed by atoms with Crippen molar-refractivity contribution in [3.8, 4) is 0 Å². The summed E-state index contributed by atoms with van der Waals surface area (Å²) in [6, 6.07) is 5.24. The Morgan fingerprint density at radius 2 is 2.09 bits per heavy atom. The van der Waals surface area contributed by atoms with E-state index >= 15 is 0 Å². The molecule has 1 aromatic carbocycles. The number of aliphatic imine (C=N–C) groups is 1. The van der Waals surface area contributed by atoms with Gasteiger partial charge in [0.15, 0.2) is 5.96 Å². The van der Waals surface area contributed by atoms with Gasteiger partial charge >= 0.3 is 0 Å². The van der Waals surface area contributed by atoms with Crippen molar-refractivity contribution in [3.63, 3.8) is 0 Å². The average Bonchev–Trinajstić information content (AvgIpc) is 2.99. The second kappa shape index (κ2) is 7.89. The van der Waals surface area contributed by atoms with Crippen molar-refractivity contribution < 1.29 is 4.39 Å². The third-order valence-electron chi connectivity index (χ3n) is 3.28. The Kier molecular flexibility index (Phi) is 5.89. The smallest absolute Gasteiger partial charge is 0.191 e. The van der Waals surface area contributed by atoms with E-state index in [0.717, 1.165) is 17.0 Å². The van der Waals surface area contributed by atoms with Crippen LogP contribution in [0.2, 0.25) is 0 Å². The Bertz CT molecular complexity index is 651. The fourth-order valence-electron chi connectivity index (χ4n) is 1.91. The molecule has 0 aliphatic carbocycles. The van der Waals surface area contributed by atoms with E-state index in [4.69, 9.17) is 0 Å². The molecule has 4 nitrogen and oxygen atoms in total. The largest absolute Gasteiger partial charge is 0.352 e. The van der Waals surface area contributed by atoms with E-state index in [2.05, 4.69) is 27.5 Å². The van der Waals surface area contributed by atoms with E-state index in [1.807, 2.05) is 12.3 Å². The summed E-state index contributed by atoms with van der Waals surface area (Å²) in [4.78, 5) is 9.79. The van der Waals surface area contributed by atoms with Crippen molar-refractivity contribution in [2.24, 2.45) is 4.99 Å². The number of guanidine groups is 1. The molecule has 22 heavy (non-hydrogen) atoms. The number of hydrogen-bond donors (Lipinski definition) is 2. The molecular weight excluding hydrogens is 299 g/mol. The number of aromatic nitrogens is 1. The van der Waals surface area contributed by atoms with Crippen LogP contribution in [-0.2, 0) is 19.5 Å². The van der Waals surface area contributed by atoms with Gasteiger partial charge in [-0.3, -0.25) is 4.99 Å². The molecule has 6 heteroatoms. The summed E-state index contributed by atoms with van der Waals surface area (Å²) in [6.45, 7) is 5.03. The first-order chi connectivity index (χ1) is 10.6. The predicted octanol–water partition coefficient (Wildman–Crippen LogP) is 3.02. The number of nitrogens with one attached hydrogen (secondary N) is 2. The summed E-state index contributed by atoms with van der Waals surface area (Å²) in [5, 5.41) is 7.41. The zero-order chi connectivity index (χ0) is 15.9. The van der Waals surface area contributed by atoms with Crippen molar-refractivity contribution in [1.29, 1.82) is 0 Å². The fraction of sp³-hybridized carbons (Fsp3) is 0.375. The molecule has 2 N–H and O–H groups in total. The van der Waals surface area contributed by atoms with Crippen molar-refractivity contribution in [3.05, 3.63) is 51.2 Å². The van der Waals surface area contributed by atoms with Crippen LogP contribution in [-0.4, -0.2) is 18.0 Å². The maximum Gasteiger partial charge on any atom is 0.191 e. The van der Waals surface area contributed by atoms with E-state index in [1.165, 1.54) is 4.88 Å². The lowest BCUT2D eigenvalue weighted by Crippen LogP contribution is -2.36. The average molecular weight is 320 g/mol. The van der Waals surface area contributed by atoms with Gasteiger partial charge in [-0.05, 0) is 30.5 Å². The van der Waals surface area contributed by atoms with Gasteiger partial charge in [0, 0.05) is 24.7 Å². The van der Waals surface area contributed by atoms with Gasteiger partial charge in [-0.1, -0.05) is 19.1 Å². The van der Waals surface area contributed by atoms with Gasteiger partial charge < -0.3 is 10.6 Å². The number of thiazole rings is 1. The van der Waals surface area contributed by atoms with E-state index in [1.54, 1.807) is 37.4 Å². The lowest BCUT2D eigenvalue weighted by molar-refractivity contribution is 0.615. The zero-order valence-corrected chi connectivity index (χ0v) is 13.9. The number of nitrogens with zero attached hydrogens (tertiary/aromatic N) is 2. The van der Waals surface area contributed by atoms with Crippen LogP contribution in [0, 0.1) is 12.7 Å². The molecule has 2 rings (SSSR count). The quantitative estimate of drug-likeness (QED) is 0.658. The van der Waals surface area contributed by atoms with Crippen LogP contribution in [0.4, 0.5) is 4.39 Å². The minimum absolute atomic E-state index is 0.183. The molecule has 0 fully saturated rings. The van der Waals surface area contributed by atoms with Crippen LogP contribution >= 0.6 is 11.3 Å². The zero-order valence-electron chi connectivity index (χ0n) is 13.1. The van der Waals surface area contributed by atoms with E-state index < -0.39 is 0 Å². The fourth-order valence-corrected chi connectivity index (χ4v) is 2.71. The summed E-state index contributed by atoms with van der Waals surface area (Å²) in [5.41, 5.74) is 1.54. The molecule has 0 saturated carbocycles. The first kappa shape index (κ1) is 16.4. The van der Waals surface area contributed by atoms with Crippen molar-refractivity contribution in [1.82, 2.24) is 15.6 Å². The molecule has 0 saturated heterocycles. The van der Waals surface area contributed by atoms with Gasteiger partial charge in [-0.25, -0.2) is 9.37 Å². The molecule has 0 radical (unpaired) electrons. The number of rotatable bonds is 5. The van der Waals surface area contributed by atoms with E-state index in [9.17, 15) is 4.39 Å². The van der Waals surface area contributed by atoms with Crippen LogP contribution in [0.15, 0.2) is 29.4 Å². The maximum atomic E-state index is 13.5. The van der Waals surface area contributed by atoms with Crippen LogP contribution in [0.5, 0.6) is 0 Å².